The van der Waals surface area contributed by atoms with Gasteiger partial charge in [0.25, 0.3) is 0 Å². The van der Waals surface area contributed by atoms with Crippen LogP contribution in [0.2, 0.25) is 0 Å². The van der Waals surface area contributed by atoms with Crippen LogP contribution in [0.5, 0.6) is 23.0 Å². The van der Waals surface area contributed by atoms with Crippen molar-refractivity contribution in [3.05, 3.63) is 255 Å². The third-order valence-corrected chi connectivity index (χ3v) is 13.5. The molecule has 0 fully saturated rings. The summed E-state index contributed by atoms with van der Waals surface area (Å²) in [6.45, 7) is 6.54. The predicted octanol–water partition coefficient (Wildman–Crippen LogP) is 19.4. The van der Waals surface area contributed by atoms with E-state index < -0.39 is 81.2 Å². The Morgan fingerprint density at radius 3 is 0.900 bits per heavy atom. The van der Waals surface area contributed by atoms with Gasteiger partial charge in [0, 0.05) is 66.7 Å². The number of aryl methyl sites for hydroxylation is 2. The first-order valence-corrected chi connectivity index (χ1v) is 25.0. The SMILES string of the molecule is Cc1cc(-c2cc(-c3ccccc3)cc(-c3ccccc3)c2)c(O)c(-c2c(O[C@H](C)C[C@H](C)Oc3cc(F)c(F)c(F)c3-c3cc(C)cc(-c4cc(-c5ccccc5)cc(-c5ccccc5)c4)c3O)cc(F)c(F)c2F)c1.[CH3-].[CH3-].[Hf]. The van der Waals surface area contributed by atoms with E-state index in [0.29, 0.717) is 45.5 Å². The van der Waals surface area contributed by atoms with Crippen LogP contribution in [0.15, 0.2) is 194 Å². The van der Waals surface area contributed by atoms with E-state index in [0.717, 1.165) is 44.5 Å². The number of hydrogen-bond acceptors (Lipinski definition) is 4. The minimum absolute atomic E-state index is 0. The number of rotatable bonds is 14. The summed E-state index contributed by atoms with van der Waals surface area (Å²) in [5.74, 6) is -11.6. The molecule has 0 unspecified atom stereocenters. The van der Waals surface area contributed by atoms with Crippen molar-refractivity contribution in [2.24, 2.45) is 0 Å². The maximum absolute atomic E-state index is 16.4. The van der Waals surface area contributed by atoms with Gasteiger partial charge < -0.3 is 34.5 Å². The number of benzene rings is 10. The van der Waals surface area contributed by atoms with Gasteiger partial charge in [-0.15, -0.1) is 0 Å². The van der Waals surface area contributed by atoms with E-state index in [1.165, 1.54) is 12.1 Å². The van der Waals surface area contributed by atoms with Crippen LogP contribution in [-0.4, -0.2) is 22.4 Å². The third-order valence-electron chi connectivity index (χ3n) is 13.5. The average Bonchev–Trinajstić information content (AvgIpc) is 3.62. The van der Waals surface area contributed by atoms with Gasteiger partial charge in [0.05, 0.1) is 23.3 Å². The number of ether oxygens (including phenoxy) is 2. The molecule has 2 N–H and O–H groups in total. The summed E-state index contributed by atoms with van der Waals surface area (Å²) >= 11 is 0. The maximum Gasteiger partial charge on any atom is 0.195 e. The topological polar surface area (TPSA) is 58.9 Å². The number of aromatic hydroxyl groups is 2. The predicted molar refractivity (Wildman–Crippen MR) is 307 cm³/mol. The second kappa shape index (κ2) is 25.3. The Morgan fingerprint density at radius 1 is 0.350 bits per heavy atom. The Labute approximate surface area is 482 Å². The second-order valence-corrected chi connectivity index (χ2v) is 19.3. The fraction of sp³-hybridized carbons (Fsp3) is 0.101. The number of hydrogen-bond donors (Lipinski definition) is 2. The van der Waals surface area contributed by atoms with E-state index in [1.54, 1.807) is 39.8 Å². The van der Waals surface area contributed by atoms with Crippen LogP contribution >= 0.6 is 0 Å². The molecular formula is C69H56F6HfO4-2. The summed E-state index contributed by atoms with van der Waals surface area (Å²) in [4.78, 5) is 0. The van der Waals surface area contributed by atoms with Crippen LogP contribution in [0, 0.1) is 63.6 Å². The molecule has 404 valence electrons. The Morgan fingerprint density at radius 2 is 0.613 bits per heavy atom. The zero-order valence-corrected chi connectivity index (χ0v) is 48.4. The molecule has 0 aliphatic heterocycles. The first kappa shape index (κ1) is 59.5. The molecule has 80 heavy (non-hydrogen) atoms. The van der Waals surface area contributed by atoms with Crippen molar-refractivity contribution in [3.8, 4) is 112 Å². The summed E-state index contributed by atoms with van der Waals surface area (Å²) in [5, 5.41) is 24.3. The molecule has 10 aromatic rings. The van der Waals surface area contributed by atoms with Crippen molar-refractivity contribution in [2.45, 2.75) is 46.3 Å². The minimum Gasteiger partial charge on any atom is -0.507 e. The van der Waals surface area contributed by atoms with Crippen LogP contribution in [0.4, 0.5) is 26.3 Å². The first-order chi connectivity index (χ1) is 37.1. The van der Waals surface area contributed by atoms with Crippen LogP contribution in [-0.2, 0) is 25.8 Å². The number of halogens is 6. The van der Waals surface area contributed by atoms with Gasteiger partial charge in [-0.2, -0.15) is 0 Å². The fourth-order valence-electron chi connectivity index (χ4n) is 9.97. The van der Waals surface area contributed by atoms with Crippen molar-refractivity contribution < 1.29 is 71.9 Å². The molecule has 0 aliphatic rings. The number of phenolic OH excluding ortho intramolecular Hbond substituents is 2. The molecule has 0 amide bonds. The number of phenols is 2. The van der Waals surface area contributed by atoms with Crippen LogP contribution in [0.3, 0.4) is 0 Å². The zero-order chi connectivity index (χ0) is 54.1. The van der Waals surface area contributed by atoms with Gasteiger partial charge in [0.1, 0.15) is 23.0 Å². The molecule has 0 saturated heterocycles. The smallest absolute Gasteiger partial charge is 0.195 e. The zero-order valence-electron chi connectivity index (χ0n) is 44.8. The Bertz CT molecular complexity index is 3460. The van der Waals surface area contributed by atoms with Gasteiger partial charge in [-0.3, -0.25) is 0 Å². The fourth-order valence-corrected chi connectivity index (χ4v) is 9.97. The third kappa shape index (κ3) is 12.3. The minimum atomic E-state index is -1.78. The molecule has 0 aromatic heterocycles. The molecule has 0 saturated carbocycles. The Kier molecular flexibility index (Phi) is 18.8. The molecule has 11 heteroatoms. The van der Waals surface area contributed by atoms with Crippen molar-refractivity contribution in [1.29, 1.82) is 0 Å². The van der Waals surface area contributed by atoms with Gasteiger partial charge in [-0.1, -0.05) is 121 Å². The summed E-state index contributed by atoms with van der Waals surface area (Å²) < 4.78 is 106. The molecule has 0 radical (unpaired) electrons. The van der Waals surface area contributed by atoms with Crippen molar-refractivity contribution >= 4 is 0 Å². The summed E-state index contributed by atoms with van der Waals surface area (Å²) in [7, 11) is 0. The van der Waals surface area contributed by atoms with E-state index in [-0.39, 0.29) is 58.2 Å². The van der Waals surface area contributed by atoms with E-state index in [1.807, 2.05) is 158 Å². The molecule has 0 aliphatic carbocycles. The average molecular weight is 1240 g/mol. The Balaban J connectivity index is 0.00000308. The summed E-state index contributed by atoms with van der Waals surface area (Å²) in [6.07, 6.45) is -2.10. The molecule has 10 aromatic carbocycles. The standard InChI is InChI=1S/C67H50F6O4.2CH3.Hf/c1-38-25-52(50-32-46(42-17-9-5-10-18-42)30-47(33-50)43-19-11-6-12-20-43)66(74)54(27-38)60-58(36-56(68)62(70)64(60)72)76-40(3)29-41(4)77-59-37-57(69)63(71)65(73)61(59)55-28-39(2)26-53(67(55)75)51-34-48(44-21-13-7-14-22-44)31-49(35-51)45-23-15-8-16-24-45;;;/h5-28,30-37,40-41,74-75H,29H2,1-4H3;2*1H3;/q;2*-1;/t40-,41+;;;. The van der Waals surface area contributed by atoms with Gasteiger partial charge in [0.2, 0.25) is 0 Å². The molecular weight excluding hydrogens is 1190 g/mol. The van der Waals surface area contributed by atoms with E-state index in [2.05, 4.69) is 0 Å². The molecule has 0 heterocycles. The van der Waals surface area contributed by atoms with Gasteiger partial charge >= 0.3 is 0 Å². The van der Waals surface area contributed by atoms with E-state index in [4.69, 9.17) is 9.47 Å². The Hall–Kier alpha value is -8.15. The van der Waals surface area contributed by atoms with Crippen LogP contribution in [0.25, 0.3) is 89.0 Å². The molecule has 0 bridgehead atoms. The van der Waals surface area contributed by atoms with Crippen molar-refractivity contribution in [3.63, 3.8) is 0 Å². The largest absolute Gasteiger partial charge is 0.507 e. The monoisotopic (exact) mass is 1240 g/mol. The summed E-state index contributed by atoms with van der Waals surface area (Å²) in [6, 6.07) is 57.9. The van der Waals surface area contributed by atoms with Crippen LogP contribution in [0.1, 0.15) is 31.4 Å². The van der Waals surface area contributed by atoms with Crippen molar-refractivity contribution in [1.82, 2.24) is 0 Å². The first-order valence-electron chi connectivity index (χ1n) is 25.0. The molecule has 4 nitrogen and oxygen atoms in total. The quantitative estimate of drug-likeness (QED) is 0.0493. The molecule has 10 rings (SSSR count). The van der Waals surface area contributed by atoms with Gasteiger partial charge in [0.15, 0.2) is 34.9 Å². The van der Waals surface area contributed by atoms with E-state index >= 15 is 26.3 Å². The molecule has 0 spiro atoms. The van der Waals surface area contributed by atoms with Gasteiger partial charge in [-0.25, -0.2) is 26.3 Å². The van der Waals surface area contributed by atoms with Crippen molar-refractivity contribution in [2.75, 3.05) is 0 Å². The van der Waals surface area contributed by atoms with E-state index in [9.17, 15) is 10.2 Å². The molecule has 2 atom stereocenters. The van der Waals surface area contributed by atoms with Crippen LogP contribution < -0.4 is 9.47 Å². The van der Waals surface area contributed by atoms with Gasteiger partial charge in [-0.05, 0) is 155 Å². The second-order valence-electron chi connectivity index (χ2n) is 19.3. The normalized spacial score (nSPS) is 11.6. The summed E-state index contributed by atoms with van der Waals surface area (Å²) in [5.41, 5.74) is 8.34. The maximum atomic E-state index is 16.4.